The Morgan fingerprint density at radius 1 is 1.26 bits per heavy atom. The molecule has 0 spiro atoms. The molecule has 1 aromatic carbocycles. The summed E-state index contributed by atoms with van der Waals surface area (Å²) in [5, 5.41) is 10.0. The minimum Gasteiger partial charge on any atom is -0.490 e. The van der Waals surface area contributed by atoms with Crippen LogP contribution < -0.4 is 15.2 Å². The number of aromatic amines is 1. The van der Waals surface area contributed by atoms with Crippen molar-refractivity contribution in [2.75, 3.05) is 6.61 Å². The van der Waals surface area contributed by atoms with Crippen molar-refractivity contribution in [1.29, 1.82) is 0 Å². The van der Waals surface area contributed by atoms with Crippen molar-refractivity contribution in [2.45, 2.75) is 20.8 Å². The quantitative estimate of drug-likeness (QED) is 0.615. The van der Waals surface area contributed by atoms with E-state index in [4.69, 9.17) is 15.2 Å². The molecule has 0 radical (unpaired) electrons. The molecule has 1 aromatic heterocycles. The fourth-order valence-corrected chi connectivity index (χ4v) is 1.84. The Morgan fingerprint density at radius 2 is 2.00 bits per heavy atom. The molecule has 0 atom stereocenters. The summed E-state index contributed by atoms with van der Waals surface area (Å²) in [6.07, 6.45) is 0. The summed E-state index contributed by atoms with van der Waals surface area (Å²) in [5.41, 5.74) is 6.16. The zero-order chi connectivity index (χ0) is 17.0. The molecule has 1 heterocycles. The highest BCUT2D eigenvalue weighted by molar-refractivity contribution is 5.96. The van der Waals surface area contributed by atoms with Gasteiger partial charge in [-0.25, -0.2) is 0 Å². The van der Waals surface area contributed by atoms with Gasteiger partial charge >= 0.3 is 5.97 Å². The monoisotopic (exact) mass is 318 g/mol. The molecule has 8 heteroatoms. The Balaban J connectivity index is 2.41. The lowest BCUT2D eigenvalue weighted by Gasteiger charge is -2.13. The number of nitrogens with zero attached hydrogens (tertiary/aromatic N) is 2. The topological polar surface area (TPSA) is 120 Å². The number of aromatic nitrogens is 3. The van der Waals surface area contributed by atoms with Gasteiger partial charge in [-0.3, -0.25) is 9.59 Å². The Labute approximate surface area is 133 Å². The van der Waals surface area contributed by atoms with E-state index in [1.807, 2.05) is 6.92 Å². The molecule has 8 nitrogen and oxygen atoms in total. The molecule has 0 aliphatic heterocycles. The van der Waals surface area contributed by atoms with Crippen LogP contribution in [-0.4, -0.2) is 33.9 Å². The number of nitrogens with two attached hydrogens (primary N) is 1. The second-order valence-corrected chi connectivity index (χ2v) is 5.06. The molecule has 3 N–H and O–H groups in total. The van der Waals surface area contributed by atoms with E-state index in [-0.39, 0.29) is 17.6 Å². The van der Waals surface area contributed by atoms with E-state index < -0.39 is 5.91 Å². The summed E-state index contributed by atoms with van der Waals surface area (Å²) in [6, 6.07) is 4.85. The third kappa shape index (κ3) is 3.65. The highest BCUT2D eigenvalue weighted by Gasteiger charge is 2.19. The van der Waals surface area contributed by atoms with E-state index in [0.717, 1.165) is 0 Å². The summed E-state index contributed by atoms with van der Waals surface area (Å²) >= 11 is 0. The largest absolute Gasteiger partial charge is 0.490 e. The fraction of sp³-hybridized carbons (Fsp3) is 0.333. The maximum absolute atomic E-state index is 11.8. The molecule has 0 saturated carbocycles. The van der Waals surface area contributed by atoms with Crippen LogP contribution in [0.3, 0.4) is 0 Å². The molecule has 2 aromatic rings. The SMILES string of the molecule is CCOc1cc(-c2n[nH]nc2C(N)=O)ccc1OC(=O)C(C)C. The Hall–Kier alpha value is -2.90. The van der Waals surface area contributed by atoms with Gasteiger partial charge in [-0.2, -0.15) is 15.4 Å². The lowest BCUT2D eigenvalue weighted by Crippen LogP contribution is -2.15. The smallest absolute Gasteiger partial charge is 0.313 e. The number of carbonyl (C=O) groups is 2. The van der Waals surface area contributed by atoms with Gasteiger partial charge in [0.05, 0.1) is 12.5 Å². The van der Waals surface area contributed by atoms with Gasteiger partial charge in [0.1, 0.15) is 5.69 Å². The number of carbonyl (C=O) groups excluding carboxylic acids is 2. The average molecular weight is 318 g/mol. The molecule has 0 bridgehead atoms. The Kier molecular flexibility index (Phi) is 4.95. The average Bonchev–Trinajstić information content (AvgIpc) is 2.98. The first-order valence-corrected chi connectivity index (χ1v) is 7.13. The van der Waals surface area contributed by atoms with E-state index in [1.165, 1.54) is 0 Å². The van der Waals surface area contributed by atoms with Gasteiger partial charge in [-0.1, -0.05) is 13.8 Å². The molecule has 2 rings (SSSR count). The second-order valence-electron chi connectivity index (χ2n) is 5.06. The van der Waals surface area contributed by atoms with Crippen LogP contribution in [0, 0.1) is 5.92 Å². The maximum Gasteiger partial charge on any atom is 0.313 e. The second kappa shape index (κ2) is 6.91. The van der Waals surface area contributed by atoms with Crippen molar-refractivity contribution < 1.29 is 19.1 Å². The standard InChI is InChI=1S/C15H18N4O4/c1-4-22-11-7-9(12-13(14(16)20)18-19-17-12)5-6-10(11)23-15(21)8(2)3/h5-8H,4H2,1-3H3,(H2,16,20)(H,17,18,19). The maximum atomic E-state index is 11.8. The predicted molar refractivity (Wildman–Crippen MR) is 82.0 cm³/mol. The zero-order valence-corrected chi connectivity index (χ0v) is 13.1. The van der Waals surface area contributed by atoms with Gasteiger partial charge in [0.25, 0.3) is 5.91 Å². The highest BCUT2D eigenvalue weighted by Crippen LogP contribution is 2.33. The summed E-state index contributed by atoms with van der Waals surface area (Å²) in [4.78, 5) is 23.1. The zero-order valence-electron chi connectivity index (χ0n) is 13.1. The van der Waals surface area contributed by atoms with Crippen LogP contribution in [0.1, 0.15) is 31.3 Å². The number of rotatable bonds is 6. The number of hydrogen-bond donors (Lipinski definition) is 2. The summed E-state index contributed by atoms with van der Waals surface area (Å²) in [6.45, 7) is 5.68. The van der Waals surface area contributed by atoms with Crippen LogP contribution >= 0.6 is 0 Å². The van der Waals surface area contributed by atoms with Crippen LogP contribution in [0.4, 0.5) is 0 Å². The van der Waals surface area contributed by atoms with Crippen molar-refractivity contribution in [3.8, 4) is 22.8 Å². The van der Waals surface area contributed by atoms with Gasteiger partial charge in [-0.15, -0.1) is 0 Å². The lowest BCUT2D eigenvalue weighted by molar-refractivity contribution is -0.137. The molecular weight excluding hydrogens is 300 g/mol. The van der Waals surface area contributed by atoms with Crippen LogP contribution in [0.5, 0.6) is 11.5 Å². The molecule has 0 unspecified atom stereocenters. The van der Waals surface area contributed by atoms with Gasteiger partial charge in [-0.05, 0) is 25.1 Å². The first kappa shape index (κ1) is 16.5. The van der Waals surface area contributed by atoms with Gasteiger partial charge in [0.2, 0.25) is 0 Å². The number of primary amides is 1. The van der Waals surface area contributed by atoms with E-state index in [1.54, 1.807) is 32.0 Å². The molecule has 1 amide bonds. The molecular formula is C15H18N4O4. The predicted octanol–water partition coefficient (Wildman–Crippen LogP) is 1.53. The van der Waals surface area contributed by atoms with Crippen LogP contribution in [0.2, 0.25) is 0 Å². The lowest BCUT2D eigenvalue weighted by atomic mass is 10.1. The van der Waals surface area contributed by atoms with Crippen LogP contribution in [0.15, 0.2) is 18.2 Å². The van der Waals surface area contributed by atoms with Crippen molar-refractivity contribution >= 4 is 11.9 Å². The minimum atomic E-state index is -0.693. The third-order valence-electron chi connectivity index (χ3n) is 2.98. The first-order chi connectivity index (χ1) is 10.9. The van der Waals surface area contributed by atoms with Gasteiger partial charge in [0, 0.05) is 5.56 Å². The van der Waals surface area contributed by atoms with Crippen molar-refractivity contribution in [2.24, 2.45) is 11.7 Å². The molecule has 23 heavy (non-hydrogen) atoms. The summed E-state index contributed by atoms with van der Waals surface area (Å²) in [7, 11) is 0. The third-order valence-corrected chi connectivity index (χ3v) is 2.98. The van der Waals surface area contributed by atoms with E-state index >= 15 is 0 Å². The molecule has 122 valence electrons. The normalized spacial score (nSPS) is 10.6. The highest BCUT2D eigenvalue weighted by atomic mass is 16.6. The summed E-state index contributed by atoms with van der Waals surface area (Å²) in [5.74, 6) is -0.642. The molecule has 0 aliphatic rings. The van der Waals surface area contributed by atoms with Crippen LogP contribution in [-0.2, 0) is 4.79 Å². The number of ether oxygens (including phenoxy) is 2. The number of benzene rings is 1. The number of amides is 1. The Morgan fingerprint density at radius 3 is 2.61 bits per heavy atom. The van der Waals surface area contributed by atoms with E-state index in [2.05, 4.69) is 15.4 Å². The van der Waals surface area contributed by atoms with Crippen molar-refractivity contribution in [1.82, 2.24) is 15.4 Å². The van der Waals surface area contributed by atoms with Crippen molar-refractivity contribution in [3.05, 3.63) is 23.9 Å². The van der Waals surface area contributed by atoms with Gasteiger partial charge in [0.15, 0.2) is 17.2 Å². The summed E-state index contributed by atoms with van der Waals surface area (Å²) < 4.78 is 10.8. The van der Waals surface area contributed by atoms with E-state index in [9.17, 15) is 9.59 Å². The fourth-order valence-electron chi connectivity index (χ4n) is 1.84. The number of H-pyrrole nitrogens is 1. The number of hydrogen-bond acceptors (Lipinski definition) is 6. The van der Waals surface area contributed by atoms with Crippen LogP contribution in [0.25, 0.3) is 11.3 Å². The Bertz CT molecular complexity index is 724. The minimum absolute atomic E-state index is 0.0272. The number of esters is 1. The van der Waals surface area contributed by atoms with E-state index in [0.29, 0.717) is 29.4 Å². The van der Waals surface area contributed by atoms with Gasteiger partial charge < -0.3 is 15.2 Å². The molecule has 0 aliphatic carbocycles. The first-order valence-electron chi connectivity index (χ1n) is 7.13. The molecule has 0 saturated heterocycles. The number of nitrogens with one attached hydrogen (secondary N) is 1. The van der Waals surface area contributed by atoms with Crippen molar-refractivity contribution in [3.63, 3.8) is 0 Å². The molecule has 0 fully saturated rings.